The van der Waals surface area contributed by atoms with Crippen LogP contribution in [0.1, 0.15) is 97.3 Å². The van der Waals surface area contributed by atoms with Gasteiger partial charge < -0.3 is 26.4 Å². The predicted molar refractivity (Wildman–Crippen MR) is 172 cm³/mol. The van der Waals surface area contributed by atoms with Crippen molar-refractivity contribution in [3.8, 4) is 0 Å². The third kappa shape index (κ3) is 8.60. The van der Waals surface area contributed by atoms with Crippen molar-refractivity contribution in [2.45, 2.75) is 129 Å². The highest BCUT2D eigenvalue weighted by molar-refractivity contribution is 7.09. The number of urea groups is 1. The van der Waals surface area contributed by atoms with Crippen molar-refractivity contribution in [3.63, 3.8) is 0 Å². The molecule has 1 aliphatic heterocycles. The summed E-state index contributed by atoms with van der Waals surface area (Å²) in [6.07, 6.45) is 7.58. The number of aliphatic hydroxyl groups excluding tert-OH is 1. The van der Waals surface area contributed by atoms with Gasteiger partial charge in [0, 0.05) is 23.4 Å². The van der Waals surface area contributed by atoms with E-state index in [2.05, 4.69) is 41.2 Å². The number of nitrogens with two attached hydrogens (primary N) is 1. The Bertz CT molecular complexity index is 1160. The number of likely N-dealkylation sites (tertiary alicyclic amines) is 1. The molecule has 0 radical (unpaired) electrons. The minimum Gasteiger partial charge on any atom is -0.376 e. The number of hydrogen-bond donors (Lipinski definition) is 5. The van der Waals surface area contributed by atoms with Crippen LogP contribution < -0.4 is 21.7 Å². The van der Waals surface area contributed by atoms with Crippen LogP contribution in [0.5, 0.6) is 0 Å². The Labute approximate surface area is 266 Å². The zero-order chi connectivity index (χ0) is 32.2. The number of thiophene rings is 1. The number of hydrogen-bond acceptors (Lipinski definition) is 7. The number of carbonyl (C=O) groups is 4. The van der Waals surface area contributed by atoms with E-state index in [-0.39, 0.29) is 29.3 Å². The Morgan fingerprint density at radius 1 is 1.11 bits per heavy atom. The molecule has 4 amide bonds. The van der Waals surface area contributed by atoms with E-state index < -0.39 is 41.5 Å². The van der Waals surface area contributed by atoms with E-state index in [9.17, 15) is 24.3 Å². The molecule has 4 rings (SSSR count). The smallest absolute Gasteiger partial charge is 0.315 e. The molecule has 11 heteroatoms. The summed E-state index contributed by atoms with van der Waals surface area (Å²) in [4.78, 5) is 55.4. The van der Waals surface area contributed by atoms with Crippen molar-refractivity contribution in [1.29, 1.82) is 0 Å². The van der Waals surface area contributed by atoms with Gasteiger partial charge in [-0.2, -0.15) is 0 Å². The first kappa shape index (κ1) is 34.4. The van der Waals surface area contributed by atoms with Crippen molar-refractivity contribution in [3.05, 3.63) is 22.4 Å². The van der Waals surface area contributed by atoms with Crippen LogP contribution >= 0.6 is 11.3 Å². The van der Waals surface area contributed by atoms with Crippen LogP contribution in [-0.4, -0.2) is 70.1 Å². The molecule has 0 bridgehead atoms. The van der Waals surface area contributed by atoms with Crippen molar-refractivity contribution in [2.24, 2.45) is 28.9 Å². The zero-order valence-electron chi connectivity index (χ0n) is 27.1. The summed E-state index contributed by atoms with van der Waals surface area (Å²) in [7, 11) is 0. The summed E-state index contributed by atoms with van der Waals surface area (Å²) in [5.41, 5.74) is 4.37. The molecule has 6 N–H and O–H groups in total. The van der Waals surface area contributed by atoms with Crippen molar-refractivity contribution < 1.29 is 24.3 Å². The molecule has 1 saturated heterocycles. The van der Waals surface area contributed by atoms with E-state index in [1.807, 2.05) is 26.8 Å². The first-order valence-corrected chi connectivity index (χ1v) is 17.3. The molecule has 1 aromatic rings. The number of primary amides is 1. The molecule has 3 unspecified atom stereocenters. The van der Waals surface area contributed by atoms with Gasteiger partial charge in [0.1, 0.15) is 12.3 Å². The van der Waals surface area contributed by atoms with Gasteiger partial charge in [-0.1, -0.05) is 72.8 Å². The molecule has 246 valence electrons. The number of amides is 4. The van der Waals surface area contributed by atoms with Gasteiger partial charge in [-0.15, -0.1) is 11.3 Å². The minimum atomic E-state index is -1.24. The van der Waals surface area contributed by atoms with Crippen LogP contribution in [-0.2, 0) is 20.8 Å². The highest BCUT2D eigenvalue weighted by atomic mass is 32.1. The molecule has 2 saturated carbocycles. The molecule has 0 aromatic carbocycles. The van der Waals surface area contributed by atoms with Crippen molar-refractivity contribution in [1.82, 2.24) is 20.9 Å². The maximum absolute atomic E-state index is 14.4. The first-order valence-electron chi connectivity index (χ1n) is 16.4. The maximum Gasteiger partial charge on any atom is 0.315 e. The maximum atomic E-state index is 14.4. The SMILES string of the molecule is CC(C)[C@H]1CCN(C(=O)C(NC(=O)NC2(Cc3cccs3)CCCCC2)C(C)(C)C)[C@@H]1C(O)NC(CC1CC1)C(=O)C(N)=O. The lowest BCUT2D eigenvalue weighted by molar-refractivity contribution is -0.142. The third-order valence-corrected chi connectivity index (χ3v) is 10.7. The molecule has 1 aromatic heterocycles. The third-order valence-electron chi connectivity index (χ3n) is 9.83. The fraction of sp³-hybridized carbons (Fsp3) is 0.758. The number of nitrogens with zero attached hydrogens (tertiary/aromatic N) is 1. The second kappa shape index (κ2) is 14.3. The topological polar surface area (TPSA) is 154 Å². The summed E-state index contributed by atoms with van der Waals surface area (Å²) in [6, 6.07) is 1.39. The number of ketones is 1. The number of carbonyl (C=O) groups excluding carboxylic acids is 4. The molecule has 0 spiro atoms. The average molecular weight is 632 g/mol. The Kier molecular flexibility index (Phi) is 11.2. The molecule has 2 aliphatic carbocycles. The molecule has 3 aliphatic rings. The number of Topliss-reactive ketones (excluding diaryl/α,β-unsaturated/α-hetero) is 1. The van der Waals surface area contributed by atoms with Crippen molar-refractivity contribution >= 4 is 35.0 Å². The van der Waals surface area contributed by atoms with Crippen LogP contribution in [0, 0.1) is 23.2 Å². The van der Waals surface area contributed by atoms with E-state index in [0.29, 0.717) is 25.3 Å². The Morgan fingerprint density at radius 2 is 1.80 bits per heavy atom. The predicted octanol–water partition coefficient (Wildman–Crippen LogP) is 3.71. The molecule has 2 heterocycles. The summed E-state index contributed by atoms with van der Waals surface area (Å²) in [6.45, 7) is 10.3. The standard InChI is InChI=1S/C33H53N5O5S/c1-20(2)23-13-16-38(25(23)29(41)35-24(18-21-11-12-21)26(39)28(34)40)30(42)27(32(3,4)5)36-31(43)37-33(14-7-6-8-15-33)19-22-10-9-17-44-22/h9-10,17,20-21,23-25,27,29,35,41H,6-8,11-16,18-19H2,1-5H3,(H2,34,40)(H2,36,37,43)/t23-,24?,25+,27?,29?/m1/s1. The molecular formula is C33H53N5O5S. The quantitative estimate of drug-likeness (QED) is 0.165. The van der Waals surface area contributed by atoms with Crippen LogP contribution in [0.2, 0.25) is 0 Å². The lowest BCUT2D eigenvalue weighted by atomic mass is 9.79. The Morgan fingerprint density at radius 3 is 2.34 bits per heavy atom. The summed E-state index contributed by atoms with van der Waals surface area (Å²) in [5.74, 6) is -1.64. The zero-order valence-corrected chi connectivity index (χ0v) is 27.9. The summed E-state index contributed by atoms with van der Waals surface area (Å²) >= 11 is 1.69. The number of rotatable bonds is 13. The lowest BCUT2D eigenvalue weighted by Crippen LogP contribution is -2.63. The Balaban J connectivity index is 1.52. The van der Waals surface area contributed by atoms with Gasteiger partial charge in [0.05, 0.1) is 12.1 Å². The van der Waals surface area contributed by atoms with Crippen LogP contribution in [0.15, 0.2) is 17.5 Å². The lowest BCUT2D eigenvalue weighted by Gasteiger charge is -2.41. The van der Waals surface area contributed by atoms with Crippen molar-refractivity contribution in [2.75, 3.05) is 6.54 Å². The van der Waals surface area contributed by atoms with Gasteiger partial charge in [-0.25, -0.2) is 4.79 Å². The molecule has 10 nitrogen and oxygen atoms in total. The van der Waals surface area contributed by atoms with Gasteiger partial charge in [-0.05, 0) is 60.3 Å². The molecule has 3 fully saturated rings. The van der Waals surface area contributed by atoms with Gasteiger partial charge >= 0.3 is 6.03 Å². The number of aliphatic hydroxyl groups is 1. The van der Waals surface area contributed by atoms with Gasteiger partial charge in [0.2, 0.25) is 11.7 Å². The number of nitrogens with one attached hydrogen (secondary N) is 3. The van der Waals surface area contributed by atoms with E-state index >= 15 is 0 Å². The monoisotopic (exact) mass is 631 g/mol. The molecule has 44 heavy (non-hydrogen) atoms. The second-order valence-electron chi connectivity index (χ2n) is 14.8. The van der Waals surface area contributed by atoms with Crippen LogP contribution in [0.3, 0.4) is 0 Å². The fourth-order valence-electron chi connectivity index (χ4n) is 7.19. The van der Waals surface area contributed by atoms with Crippen LogP contribution in [0.4, 0.5) is 4.79 Å². The minimum absolute atomic E-state index is 0.0440. The van der Waals surface area contributed by atoms with Gasteiger partial charge in [-0.3, -0.25) is 19.7 Å². The first-order chi connectivity index (χ1) is 20.7. The highest BCUT2D eigenvalue weighted by Crippen LogP contribution is 2.37. The summed E-state index contributed by atoms with van der Waals surface area (Å²) in [5, 5.41) is 22.9. The van der Waals surface area contributed by atoms with E-state index in [0.717, 1.165) is 51.4 Å². The highest BCUT2D eigenvalue weighted by Gasteiger charge is 2.48. The van der Waals surface area contributed by atoms with E-state index in [1.54, 1.807) is 16.2 Å². The second-order valence-corrected chi connectivity index (χ2v) is 15.8. The largest absolute Gasteiger partial charge is 0.376 e. The fourth-order valence-corrected chi connectivity index (χ4v) is 8.04. The summed E-state index contributed by atoms with van der Waals surface area (Å²) < 4.78 is 0. The van der Waals surface area contributed by atoms with Crippen LogP contribution in [0.25, 0.3) is 0 Å². The average Bonchev–Trinajstić information content (AvgIpc) is 3.41. The van der Waals surface area contributed by atoms with E-state index in [1.165, 1.54) is 4.88 Å². The molecule has 5 atom stereocenters. The Hall–Kier alpha value is -2.50. The normalized spacial score (nSPS) is 24.0. The van der Waals surface area contributed by atoms with Gasteiger partial charge in [0.25, 0.3) is 5.91 Å². The molecular weight excluding hydrogens is 578 g/mol. The van der Waals surface area contributed by atoms with E-state index in [4.69, 9.17) is 5.73 Å². The van der Waals surface area contributed by atoms with Gasteiger partial charge in [0.15, 0.2) is 0 Å².